The van der Waals surface area contributed by atoms with Crippen LogP contribution in [-0.4, -0.2) is 90.3 Å². The van der Waals surface area contributed by atoms with Crippen molar-refractivity contribution >= 4 is 11.9 Å². The summed E-state index contributed by atoms with van der Waals surface area (Å²) in [6, 6.07) is 35.9. The number of hydrogen-bond acceptors (Lipinski definition) is 13. The highest BCUT2D eigenvalue weighted by molar-refractivity contribution is 5.78. The largest absolute Gasteiger partial charge is 0.507 e. The van der Waals surface area contributed by atoms with Crippen molar-refractivity contribution in [2.75, 3.05) is 33.4 Å². The molecule has 14 heteroatoms. The number of rotatable bonds is 16. The Bertz CT molecular complexity index is 3520. The van der Waals surface area contributed by atoms with Gasteiger partial charge in [0.2, 0.25) is 0 Å². The Balaban J connectivity index is 0.000000174. The highest BCUT2D eigenvalue weighted by Gasteiger charge is 2.22. The second-order valence-electron chi connectivity index (χ2n) is 22.3. The molecule has 426 valence electrons. The van der Waals surface area contributed by atoms with Crippen LogP contribution in [0, 0.1) is 0 Å². The van der Waals surface area contributed by atoms with Gasteiger partial charge in [-0.3, -0.25) is 4.79 Å². The number of benzene rings is 6. The van der Waals surface area contributed by atoms with Gasteiger partial charge in [0.1, 0.15) is 23.0 Å². The zero-order valence-corrected chi connectivity index (χ0v) is 48.0. The summed E-state index contributed by atoms with van der Waals surface area (Å²) in [5, 5.41) is 22.1. The van der Waals surface area contributed by atoms with Crippen LogP contribution in [0.2, 0.25) is 0 Å². The number of esters is 1. The first-order valence-corrected chi connectivity index (χ1v) is 29.9. The Kier molecular flexibility index (Phi) is 17.8. The number of likely N-dealkylation sites (N-methyl/N-ethyl adjacent to an activating group) is 1. The molecular formula is C69H73N7O7. The summed E-state index contributed by atoms with van der Waals surface area (Å²) in [4.78, 5) is 55.1. The van der Waals surface area contributed by atoms with Crippen molar-refractivity contribution in [1.82, 2.24) is 34.8 Å². The molecule has 6 aromatic carbocycles. The van der Waals surface area contributed by atoms with Crippen LogP contribution in [0.3, 0.4) is 0 Å². The van der Waals surface area contributed by atoms with Gasteiger partial charge in [0.05, 0.1) is 17.7 Å². The van der Waals surface area contributed by atoms with Gasteiger partial charge in [-0.05, 0) is 209 Å². The number of aromatic hydroxyl groups is 2. The third kappa shape index (κ3) is 13.5. The van der Waals surface area contributed by atoms with E-state index in [1.807, 2.05) is 0 Å². The van der Waals surface area contributed by atoms with E-state index in [4.69, 9.17) is 44.1 Å². The molecule has 2 heterocycles. The quantitative estimate of drug-likeness (QED) is 0.0873. The Morgan fingerprint density at radius 2 is 0.771 bits per heavy atom. The topological polar surface area (TPSA) is 183 Å². The summed E-state index contributed by atoms with van der Waals surface area (Å²) in [7, 11) is 1.78. The van der Waals surface area contributed by atoms with Crippen molar-refractivity contribution in [2.45, 2.75) is 129 Å². The lowest BCUT2D eigenvalue weighted by molar-refractivity contribution is -0.145. The number of carbonyl (C=O) groups excluding carboxylic acids is 2. The molecule has 83 heavy (non-hydrogen) atoms. The molecule has 0 aliphatic heterocycles. The molecule has 4 aliphatic carbocycles. The second-order valence-corrected chi connectivity index (χ2v) is 22.3. The zero-order valence-electron chi connectivity index (χ0n) is 48.0. The maximum absolute atomic E-state index is 12.4. The van der Waals surface area contributed by atoms with E-state index < -0.39 is 5.97 Å². The molecule has 2 N–H and O–H groups in total. The average Bonchev–Trinajstić information content (AvgIpc) is 3.70. The van der Waals surface area contributed by atoms with Crippen LogP contribution >= 0.6 is 0 Å². The predicted molar refractivity (Wildman–Crippen MR) is 322 cm³/mol. The highest BCUT2D eigenvalue weighted by Crippen LogP contribution is 2.37. The van der Waals surface area contributed by atoms with Crippen molar-refractivity contribution in [3.63, 3.8) is 0 Å². The number of amides is 1. The van der Waals surface area contributed by atoms with Gasteiger partial charge in [-0.1, -0.05) is 61.9 Å². The number of phenolic OH excluding ortho intramolecular Hbond substituents is 2. The number of unbranched alkanes of at least 4 members (excludes halogenated alkanes) is 1. The van der Waals surface area contributed by atoms with E-state index in [0.29, 0.717) is 64.1 Å². The third-order valence-electron chi connectivity index (χ3n) is 16.4. The van der Waals surface area contributed by atoms with Gasteiger partial charge in [-0.2, -0.15) is 0 Å². The van der Waals surface area contributed by atoms with E-state index in [-0.39, 0.29) is 37.2 Å². The summed E-state index contributed by atoms with van der Waals surface area (Å²) < 4.78 is 16.1. The van der Waals surface area contributed by atoms with Crippen LogP contribution in [0.1, 0.15) is 123 Å². The molecule has 14 nitrogen and oxygen atoms in total. The molecule has 0 spiro atoms. The Labute approximate surface area is 486 Å². The Morgan fingerprint density at radius 1 is 0.434 bits per heavy atom. The monoisotopic (exact) mass is 1110 g/mol. The lowest BCUT2D eigenvalue weighted by atomic mass is 9.90. The Morgan fingerprint density at radius 3 is 1.11 bits per heavy atom. The molecule has 0 saturated carbocycles. The average molecular weight is 1110 g/mol. The van der Waals surface area contributed by atoms with Gasteiger partial charge in [0, 0.05) is 48.0 Å². The van der Waals surface area contributed by atoms with Gasteiger partial charge >= 0.3 is 5.97 Å². The fraction of sp³-hybridized carbons (Fsp3) is 0.362. The molecular weight excluding hydrogens is 1040 g/mol. The summed E-state index contributed by atoms with van der Waals surface area (Å²) in [5.41, 5.74) is 15.8. The lowest BCUT2D eigenvalue weighted by Crippen LogP contribution is -2.32. The number of aromatic nitrogens is 6. The van der Waals surface area contributed by atoms with Crippen LogP contribution in [0.15, 0.2) is 109 Å². The van der Waals surface area contributed by atoms with Crippen LogP contribution in [0.25, 0.3) is 68.3 Å². The summed E-state index contributed by atoms with van der Waals surface area (Å²) in [6.07, 6.45) is 20.4. The molecule has 1 amide bonds. The molecule has 12 rings (SSSR count). The van der Waals surface area contributed by atoms with Crippen LogP contribution in [-0.2, 0) is 65.7 Å². The van der Waals surface area contributed by atoms with Crippen LogP contribution in [0.4, 0.5) is 0 Å². The van der Waals surface area contributed by atoms with Gasteiger partial charge in [0.15, 0.2) is 48.2 Å². The van der Waals surface area contributed by atoms with Gasteiger partial charge in [-0.15, -0.1) is 0 Å². The Hall–Kier alpha value is -8.52. The number of carbonyl (C=O) groups is 2. The number of nitrogens with zero attached hydrogens (tertiary/aromatic N) is 7. The molecule has 0 saturated heterocycles. The molecule has 0 bridgehead atoms. The maximum atomic E-state index is 12.4. The summed E-state index contributed by atoms with van der Waals surface area (Å²) >= 11 is 0. The SMILES string of the molecule is CCCCN(C)C(=O)COc1ccc(-c2nc(-c3ccc4c(c3)CCCC4)nc(-c3ccc4c(c3)CCCC4)n2)c(O)c1.CCOC(=O)COc1ccc(-c2nc(-c3ccc4c(c3)CCCC4)nc(-c3ccc4c(c3)CCCC4)n2)c(O)c1. The highest BCUT2D eigenvalue weighted by atomic mass is 16.6. The number of phenols is 2. The van der Waals surface area contributed by atoms with E-state index >= 15 is 0 Å². The maximum Gasteiger partial charge on any atom is 0.344 e. The lowest BCUT2D eigenvalue weighted by Gasteiger charge is -2.18. The van der Waals surface area contributed by atoms with Crippen LogP contribution in [0.5, 0.6) is 23.0 Å². The van der Waals surface area contributed by atoms with Gasteiger partial charge in [0.25, 0.3) is 5.91 Å². The first-order valence-electron chi connectivity index (χ1n) is 29.9. The summed E-state index contributed by atoms with van der Waals surface area (Å²) in [5.74, 6) is 3.26. The number of fused-ring (bicyclic) bond motifs is 4. The molecule has 2 aromatic heterocycles. The smallest absolute Gasteiger partial charge is 0.344 e. The van der Waals surface area contributed by atoms with Crippen molar-refractivity contribution in [3.05, 3.63) is 154 Å². The third-order valence-corrected chi connectivity index (χ3v) is 16.4. The molecule has 0 atom stereocenters. The fourth-order valence-electron chi connectivity index (χ4n) is 11.7. The standard InChI is InChI=1S/C36H40N4O3.C33H33N3O4/c1-3-4-19-40(2)33(42)23-43-30-17-18-31(32(41)22-30)36-38-34(28-15-13-24-9-5-7-11-26(24)20-28)37-35(39-36)29-16-14-25-10-6-8-12-27(25)21-29;1-2-39-30(38)20-40-27-15-16-28(29(37)19-27)33-35-31(25-13-11-21-7-3-5-9-23(21)17-25)34-32(36-33)26-14-12-22-8-4-6-10-24(22)18-26/h13-18,20-22,41H,3-12,19,23H2,1-2H3;11-19,37H,2-10,20H2,1H3. The van der Waals surface area contributed by atoms with Crippen LogP contribution < -0.4 is 9.47 Å². The molecule has 0 unspecified atom stereocenters. The van der Waals surface area contributed by atoms with E-state index in [1.54, 1.807) is 43.1 Å². The van der Waals surface area contributed by atoms with Crippen molar-refractivity contribution in [1.29, 1.82) is 0 Å². The van der Waals surface area contributed by atoms with E-state index in [1.165, 1.54) is 108 Å². The van der Waals surface area contributed by atoms with Crippen molar-refractivity contribution < 1.29 is 34.0 Å². The predicted octanol–water partition coefficient (Wildman–Crippen LogP) is 13.3. The fourth-order valence-corrected chi connectivity index (χ4v) is 11.7. The molecule has 8 aromatic rings. The van der Waals surface area contributed by atoms with Crippen molar-refractivity contribution in [2.24, 2.45) is 0 Å². The second kappa shape index (κ2) is 26.2. The normalized spacial score (nSPS) is 14.2. The number of hydrogen-bond donors (Lipinski definition) is 2. The molecule has 0 fully saturated rings. The van der Waals surface area contributed by atoms with Crippen molar-refractivity contribution in [3.8, 4) is 91.3 Å². The minimum Gasteiger partial charge on any atom is -0.507 e. The van der Waals surface area contributed by atoms with E-state index in [0.717, 1.165) is 86.5 Å². The van der Waals surface area contributed by atoms with E-state index in [9.17, 15) is 19.8 Å². The minimum absolute atomic E-state index is 0.0109. The van der Waals surface area contributed by atoms with Gasteiger partial charge < -0.3 is 29.3 Å². The summed E-state index contributed by atoms with van der Waals surface area (Å²) in [6.45, 7) is 4.49. The zero-order chi connectivity index (χ0) is 57.2. The van der Waals surface area contributed by atoms with Gasteiger partial charge in [-0.25, -0.2) is 34.7 Å². The number of aryl methyl sites for hydroxylation is 8. The van der Waals surface area contributed by atoms with E-state index in [2.05, 4.69) is 79.7 Å². The first-order chi connectivity index (χ1) is 40.5. The number of ether oxygens (including phenoxy) is 3. The molecule has 4 aliphatic rings. The minimum atomic E-state index is -0.465. The first kappa shape index (κ1) is 56.3. The molecule has 0 radical (unpaired) electrons.